The zero-order chi connectivity index (χ0) is 9.97. The maximum Gasteiger partial charge on any atom is 0.0937 e. The monoisotopic (exact) mass is 363 g/mol. The van der Waals surface area contributed by atoms with Gasteiger partial charge in [0.15, 0.2) is 0 Å². The molecular formula is C9H7BrIN3. The van der Waals surface area contributed by atoms with E-state index in [-0.39, 0.29) is 0 Å². The Morgan fingerprint density at radius 2 is 2.00 bits per heavy atom. The Bertz CT molecular complexity index is 424. The molecule has 0 bridgehead atoms. The maximum atomic E-state index is 4.02. The summed E-state index contributed by atoms with van der Waals surface area (Å²) in [4.78, 5) is 0. The Kier molecular flexibility index (Phi) is 3.17. The first-order valence-electron chi connectivity index (χ1n) is 4.03. The Labute approximate surface area is 104 Å². The van der Waals surface area contributed by atoms with Crippen LogP contribution in [0.25, 0.3) is 5.69 Å². The molecule has 0 aliphatic heterocycles. The van der Waals surface area contributed by atoms with Crippen LogP contribution >= 0.6 is 38.5 Å². The summed E-state index contributed by atoms with van der Waals surface area (Å²) in [6.07, 6.45) is 1.91. The van der Waals surface area contributed by atoms with Gasteiger partial charge in [0.2, 0.25) is 0 Å². The van der Waals surface area contributed by atoms with Crippen LogP contribution in [-0.4, -0.2) is 15.0 Å². The highest BCUT2D eigenvalue weighted by Gasteiger charge is 2.00. The first-order valence-corrected chi connectivity index (χ1v) is 6.23. The zero-order valence-electron chi connectivity index (χ0n) is 7.19. The van der Waals surface area contributed by atoms with Crippen LogP contribution in [0.4, 0.5) is 0 Å². The number of nitrogens with zero attached hydrogens (tertiary/aromatic N) is 3. The quantitative estimate of drug-likeness (QED) is 0.606. The molecule has 0 N–H and O–H groups in total. The van der Waals surface area contributed by atoms with E-state index in [0.29, 0.717) is 0 Å². The number of hydrogen-bond donors (Lipinski definition) is 0. The molecule has 0 saturated heterocycles. The van der Waals surface area contributed by atoms with Crippen molar-refractivity contribution in [1.82, 2.24) is 15.0 Å². The fraction of sp³-hybridized carbons (Fsp3) is 0.111. The van der Waals surface area contributed by atoms with Crippen LogP contribution in [0.1, 0.15) is 5.69 Å². The summed E-state index contributed by atoms with van der Waals surface area (Å²) in [5.41, 5.74) is 1.97. The van der Waals surface area contributed by atoms with Crippen molar-refractivity contribution < 1.29 is 0 Å². The van der Waals surface area contributed by atoms with E-state index in [0.717, 1.165) is 16.7 Å². The Balaban J connectivity index is 2.34. The highest BCUT2D eigenvalue weighted by atomic mass is 127. The molecule has 0 atom stereocenters. The van der Waals surface area contributed by atoms with Gasteiger partial charge >= 0.3 is 0 Å². The Hall–Kier alpha value is -0.430. The second-order valence-electron chi connectivity index (χ2n) is 2.76. The van der Waals surface area contributed by atoms with Gasteiger partial charge in [-0.05, 0) is 46.9 Å². The lowest BCUT2D eigenvalue weighted by Crippen LogP contribution is -1.94. The number of halogens is 2. The van der Waals surface area contributed by atoms with Gasteiger partial charge in [-0.3, -0.25) is 0 Å². The van der Waals surface area contributed by atoms with Gasteiger partial charge in [0.25, 0.3) is 0 Å². The normalized spacial score (nSPS) is 10.4. The third-order valence-electron chi connectivity index (χ3n) is 1.77. The standard InChI is InChI=1S/C9H7BrIN3/c10-5-8-6-14(13-12-8)9-3-1-7(11)2-4-9/h1-4,6H,5H2. The predicted octanol–water partition coefficient (Wildman–Crippen LogP) is 2.77. The first kappa shape index (κ1) is 10.1. The number of hydrogen-bond acceptors (Lipinski definition) is 2. The number of aromatic nitrogens is 3. The van der Waals surface area contributed by atoms with E-state index in [1.54, 1.807) is 4.68 Å². The van der Waals surface area contributed by atoms with E-state index in [4.69, 9.17) is 0 Å². The number of alkyl halides is 1. The molecule has 2 rings (SSSR count). The van der Waals surface area contributed by atoms with E-state index >= 15 is 0 Å². The molecule has 2 aromatic rings. The van der Waals surface area contributed by atoms with Crippen molar-refractivity contribution in [2.45, 2.75) is 5.33 Å². The fourth-order valence-electron chi connectivity index (χ4n) is 1.08. The summed E-state index contributed by atoms with van der Waals surface area (Å²) in [6, 6.07) is 8.14. The lowest BCUT2D eigenvalue weighted by atomic mass is 10.3. The molecule has 1 aromatic heterocycles. The second-order valence-corrected chi connectivity index (χ2v) is 4.57. The molecule has 3 nitrogen and oxygen atoms in total. The minimum Gasteiger partial charge on any atom is -0.220 e. The van der Waals surface area contributed by atoms with E-state index in [2.05, 4.69) is 48.8 Å². The summed E-state index contributed by atoms with van der Waals surface area (Å²) in [6.45, 7) is 0. The van der Waals surface area contributed by atoms with Gasteiger partial charge in [0.05, 0.1) is 17.6 Å². The SMILES string of the molecule is BrCc1cn(-c2ccc(I)cc2)nn1. The van der Waals surface area contributed by atoms with Gasteiger partial charge in [0.1, 0.15) is 0 Å². The molecule has 0 fully saturated rings. The highest BCUT2D eigenvalue weighted by Crippen LogP contribution is 2.11. The molecule has 0 saturated carbocycles. The molecule has 0 aliphatic rings. The molecule has 72 valence electrons. The van der Waals surface area contributed by atoms with Crippen molar-refractivity contribution in [3.05, 3.63) is 39.7 Å². The van der Waals surface area contributed by atoms with Gasteiger partial charge in [-0.1, -0.05) is 21.1 Å². The smallest absolute Gasteiger partial charge is 0.0937 e. The lowest BCUT2D eigenvalue weighted by molar-refractivity contribution is 0.800. The highest BCUT2D eigenvalue weighted by molar-refractivity contribution is 14.1. The molecule has 5 heteroatoms. The Morgan fingerprint density at radius 3 is 2.57 bits per heavy atom. The number of rotatable bonds is 2. The van der Waals surface area contributed by atoms with Crippen LogP contribution < -0.4 is 0 Å². The minimum absolute atomic E-state index is 0.734. The van der Waals surface area contributed by atoms with Gasteiger partial charge in [-0.2, -0.15) is 0 Å². The fourth-order valence-corrected chi connectivity index (χ4v) is 1.70. The summed E-state index contributed by atoms with van der Waals surface area (Å²) in [5.74, 6) is 0. The zero-order valence-corrected chi connectivity index (χ0v) is 10.9. The van der Waals surface area contributed by atoms with E-state index in [1.807, 2.05) is 30.5 Å². The molecule has 0 unspecified atom stereocenters. The third-order valence-corrected chi connectivity index (χ3v) is 3.06. The third kappa shape index (κ3) is 2.14. The summed E-state index contributed by atoms with van der Waals surface area (Å²) >= 11 is 5.61. The van der Waals surface area contributed by atoms with Crippen LogP contribution in [0.2, 0.25) is 0 Å². The molecule has 1 aromatic carbocycles. The first-order chi connectivity index (χ1) is 6.79. The lowest BCUT2D eigenvalue weighted by Gasteiger charge is -1.98. The van der Waals surface area contributed by atoms with E-state index in [9.17, 15) is 0 Å². The van der Waals surface area contributed by atoms with Crippen LogP contribution in [0, 0.1) is 3.57 Å². The number of benzene rings is 1. The molecular weight excluding hydrogens is 357 g/mol. The topological polar surface area (TPSA) is 30.7 Å². The summed E-state index contributed by atoms with van der Waals surface area (Å²) in [5, 5.41) is 8.75. The molecule has 0 radical (unpaired) electrons. The molecule has 0 aliphatic carbocycles. The van der Waals surface area contributed by atoms with E-state index in [1.165, 1.54) is 3.57 Å². The van der Waals surface area contributed by atoms with Crippen molar-refractivity contribution in [1.29, 1.82) is 0 Å². The van der Waals surface area contributed by atoms with Crippen molar-refractivity contribution >= 4 is 38.5 Å². The van der Waals surface area contributed by atoms with Crippen LogP contribution in [0.3, 0.4) is 0 Å². The largest absolute Gasteiger partial charge is 0.220 e. The van der Waals surface area contributed by atoms with Crippen LogP contribution in [0.5, 0.6) is 0 Å². The van der Waals surface area contributed by atoms with Crippen LogP contribution in [0.15, 0.2) is 30.5 Å². The molecule has 1 heterocycles. The maximum absolute atomic E-state index is 4.02. The predicted molar refractivity (Wildman–Crippen MR) is 66.7 cm³/mol. The van der Waals surface area contributed by atoms with Crippen molar-refractivity contribution in [3.63, 3.8) is 0 Å². The van der Waals surface area contributed by atoms with Gasteiger partial charge in [-0.25, -0.2) is 4.68 Å². The van der Waals surface area contributed by atoms with E-state index < -0.39 is 0 Å². The molecule has 0 amide bonds. The van der Waals surface area contributed by atoms with Crippen molar-refractivity contribution in [3.8, 4) is 5.69 Å². The average Bonchev–Trinajstić information content (AvgIpc) is 2.67. The van der Waals surface area contributed by atoms with Crippen molar-refractivity contribution in [2.24, 2.45) is 0 Å². The molecule has 0 spiro atoms. The second kappa shape index (κ2) is 4.39. The average molecular weight is 364 g/mol. The van der Waals surface area contributed by atoms with Crippen molar-refractivity contribution in [2.75, 3.05) is 0 Å². The minimum atomic E-state index is 0.734. The van der Waals surface area contributed by atoms with Crippen LogP contribution in [-0.2, 0) is 5.33 Å². The van der Waals surface area contributed by atoms with Gasteiger partial charge < -0.3 is 0 Å². The van der Waals surface area contributed by atoms with Gasteiger partial charge in [-0.15, -0.1) is 5.10 Å². The Morgan fingerprint density at radius 1 is 1.29 bits per heavy atom. The van der Waals surface area contributed by atoms with Gasteiger partial charge in [0, 0.05) is 8.90 Å². The summed E-state index contributed by atoms with van der Waals surface area (Å²) in [7, 11) is 0. The molecule has 14 heavy (non-hydrogen) atoms. The summed E-state index contributed by atoms with van der Waals surface area (Å²) < 4.78 is 2.99.